The molecule has 0 aliphatic carbocycles. The van der Waals surface area contributed by atoms with E-state index in [-0.39, 0.29) is 5.69 Å². The van der Waals surface area contributed by atoms with Crippen molar-refractivity contribution in [2.75, 3.05) is 12.3 Å². The molecule has 1 amide bonds. The summed E-state index contributed by atoms with van der Waals surface area (Å²) in [5, 5.41) is 2.63. The number of rotatable bonds is 3. The van der Waals surface area contributed by atoms with Crippen LogP contribution in [0.15, 0.2) is 18.2 Å². The van der Waals surface area contributed by atoms with Gasteiger partial charge in [0, 0.05) is 6.54 Å². The van der Waals surface area contributed by atoms with Gasteiger partial charge in [-0.2, -0.15) is 0 Å². The molecule has 0 radical (unpaired) electrons. The average Bonchev–Trinajstić information content (AvgIpc) is 2.20. The van der Waals surface area contributed by atoms with Crippen LogP contribution in [0.25, 0.3) is 0 Å². The van der Waals surface area contributed by atoms with Crippen molar-refractivity contribution >= 4 is 11.8 Å². The average molecular weight is 254 g/mol. The van der Waals surface area contributed by atoms with Gasteiger partial charge in [0.2, 0.25) is 0 Å². The molecule has 0 saturated carbocycles. The number of anilines is 1. The lowest BCUT2D eigenvalue weighted by atomic mass is 10.1. The van der Waals surface area contributed by atoms with Gasteiger partial charge in [-0.05, 0) is 44.9 Å². The Morgan fingerprint density at radius 1 is 1.44 bits per heavy atom. The van der Waals surface area contributed by atoms with E-state index in [1.54, 1.807) is 32.9 Å². The molecular formula is C13H19FN2O2. The summed E-state index contributed by atoms with van der Waals surface area (Å²) in [6.07, 6.45) is 0.113. The molecule has 0 saturated heterocycles. The molecule has 5 heteroatoms. The number of nitrogens with one attached hydrogen (secondary N) is 1. The third-order valence-electron chi connectivity index (χ3n) is 2.14. The summed E-state index contributed by atoms with van der Waals surface area (Å²) < 4.78 is 18.0. The lowest BCUT2D eigenvalue weighted by Gasteiger charge is -2.19. The molecule has 0 aliphatic heterocycles. The Labute approximate surface area is 106 Å². The van der Waals surface area contributed by atoms with E-state index in [0.29, 0.717) is 13.0 Å². The maximum absolute atomic E-state index is 12.9. The van der Waals surface area contributed by atoms with Crippen LogP contribution in [0.3, 0.4) is 0 Å². The Hall–Kier alpha value is -1.78. The number of carbonyl (C=O) groups excluding carboxylic acids is 1. The van der Waals surface area contributed by atoms with Gasteiger partial charge in [-0.25, -0.2) is 9.18 Å². The first-order valence-corrected chi connectivity index (χ1v) is 5.79. The van der Waals surface area contributed by atoms with E-state index in [1.165, 1.54) is 6.07 Å². The molecule has 3 N–H and O–H groups in total. The van der Waals surface area contributed by atoms with Gasteiger partial charge >= 0.3 is 6.09 Å². The minimum atomic E-state index is -0.510. The SMILES string of the molecule is CC(C)(C)OC(=O)NCCc1ccc(F)c(N)c1. The summed E-state index contributed by atoms with van der Waals surface area (Å²) in [6.45, 7) is 5.81. The minimum absolute atomic E-state index is 0.116. The first-order chi connectivity index (χ1) is 8.28. The third-order valence-corrected chi connectivity index (χ3v) is 2.14. The predicted octanol–water partition coefficient (Wildman–Crippen LogP) is 2.48. The van der Waals surface area contributed by atoms with Crippen LogP contribution in [0, 0.1) is 5.82 Å². The number of amides is 1. The summed E-state index contributed by atoms with van der Waals surface area (Å²) in [7, 11) is 0. The van der Waals surface area contributed by atoms with Crippen molar-refractivity contribution in [3.8, 4) is 0 Å². The zero-order chi connectivity index (χ0) is 13.8. The lowest BCUT2D eigenvalue weighted by molar-refractivity contribution is 0.0528. The molecule has 0 bridgehead atoms. The zero-order valence-corrected chi connectivity index (χ0v) is 10.9. The van der Waals surface area contributed by atoms with Crippen LogP contribution in [-0.4, -0.2) is 18.2 Å². The van der Waals surface area contributed by atoms with Crippen molar-refractivity contribution in [2.45, 2.75) is 32.8 Å². The lowest BCUT2D eigenvalue weighted by Crippen LogP contribution is -2.33. The maximum Gasteiger partial charge on any atom is 0.407 e. The van der Waals surface area contributed by atoms with Gasteiger partial charge in [0.15, 0.2) is 0 Å². The Balaban J connectivity index is 2.38. The number of nitrogen functional groups attached to an aromatic ring is 1. The second-order valence-corrected chi connectivity index (χ2v) is 5.03. The third kappa shape index (κ3) is 5.03. The van der Waals surface area contributed by atoms with Gasteiger partial charge in [0.05, 0.1) is 5.69 Å². The summed E-state index contributed by atoms with van der Waals surface area (Å²) in [5.74, 6) is -0.432. The highest BCUT2D eigenvalue weighted by Gasteiger charge is 2.15. The zero-order valence-electron chi connectivity index (χ0n) is 10.9. The van der Waals surface area contributed by atoms with E-state index in [1.807, 2.05) is 0 Å². The van der Waals surface area contributed by atoms with Crippen LogP contribution in [0.5, 0.6) is 0 Å². The van der Waals surface area contributed by atoms with Crippen molar-refractivity contribution in [1.29, 1.82) is 0 Å². The highest BCUT2D eigenvalue weighted by Crippen LogP contribution is 2.12. The number of benzene rings is 1. The normalized spacial score (nSPS) is 11.1. The van der Waals surface area contributed by atoms with Crippen molar-refractivity contribution in [3.63, 3.8) is 0 Å². The van der Waals surface area contributed by atoms with Crippen LogP contribution in [-0.2, 0) is 11.2 Å². The van der Waals surface area contributed by atoms with Crippen LogP contribution in [0.1, 0.15) is 26.3 Å². The van der Waals surface area contributed by atoms with Gasteiger partial charge in [0.1, 0.15) is 11.4 Å². The summed E-state index contributed by atoms with van der Waals surface area (Å²) in [6, 6.07) is 4.52. The van der Waals surface area contributed by atoms with Crippen molar-refractivity contribution in [1.82, 2.24) is 5.32 Å². The van der Waals surface area contributed by atoms with Crippen LogP contribution in [0.2, 0.25) is 0 Å². The largest absolute Gasteiger partial charge is 0.444 e. The van der Waals surface area contributed by atoms with E-state index in [2.05, 4.69) is 5.32 Å². The topological polar surface area (TPSA) is 64.3 Å². The first kappa shape index (κ1) is 14.3. The number of hydrogen-bond acceptors (Lipinski definition) is 3. The molecule has 1 aromatic carbocycles. The summed E-state index contributed by atoms with van der Waals surface area (Å²) in [5.41, 5.74) is 5.92. The minimum Gasteiger partial charge on any atom is -0.444 e. The monoisotopic (exact) mass is 254 g/mol. The molecular weight excluding hydrogens is 235 g/mol. The Bertz CT molecular complexity index is 427. The number of alkyl carbamates (subject to hydrolysis) is 1. The molecule has 4 nitrogen and oxygen atoms in total. The van der Waals surface area contributed by atoms with Crippen LogP contribution >= 0.6 is 0 Å². The molecule has 0 aliphatic rings. The fourth-order valence-corrected chi connectivity index (χ4v) is 1.37. The predicted molar refractivity (Wildman–Crippen MR) is 68.8 cm³/mol. The smallest absolute Gasteiger partial charge is 0.407 e. The summed E-state index contributed by atoms with van der Waals surface area (Å²) in [4.78, 5) is 11.4. The highest BCUT2D eigenvalue weighted by atomic mass is 19.1. The molecule has 100 valence electrons. The first-order valence-electron chi connectivity index (χ1n) is 5.79. The molecule has 0 aromatic heterocycles. The van der Waals surface area contributed by atoms with Gasteiger partial charge < -0.3 is 15.8 Å². The van der Waals surface area contributed by atoms with Crippen LogP contribution in [0.4, 0.5) is 14.9 Å². The molecule has 0 fully saturated rings. The number of hydrogen-bond donors (Lipinski definition) is 2. The Morgan fingerprint density at radius 3 is 2.67 bits per heavy atom. The quantitative estimate of drug-likeness (QED) is 0.814. The number of nitrogens with two attached hydrogens (primary N) is 1. The molecule has 0 atom stereocenters. The van der Waals surface area contributed by atoms with Crippen LogP contribution < -0.4 is 11.1 Å². The maximum atomic E-state index is 12.9. The van der Waals surface area contributed by atoms with E-state index in [9.17, 15) is 9.18 Å². The fraction of sp³-hybridized carbons (Fsp3) is 0.462. The molecule has 18 heavy (non-hydrogen) atoms. The number of ether oxygens (including phenoxy) is 1. The van der Waals surface area contributed by atoms with E-state index >= 15 is 0 Å². The molecule has 0 spiro atoms. The number of halogens is 1. The molecule has 0 unspecified atom stereocenters. The standard InChI is InChI=1S/C13H19FN2O2/c1-13(2,3)18-12(17)16-7-6-9-4-5-10(14)11(15)8-9/h4-5,8H,6-7,15H2,1-3H3,(H,16,17). The van der Waals surface area contributed by atoms with Crippen molar-refractivity contribution in [2.24, 2.45) is 0 Å². The Morgan fingerprint density at radius 2 is 2.11 bits per heavy atom. The second kappa shape index (κ2) is 5.71. The van der Waals surface area contributed by atoms with Gasteiger partial charge in [-0.3, -0.25) is 0 Å². The fourth-order valence-electron chi connectivity index (χ4n) is 1.37. The van der Waals surface area contributed by atoms with Gasteiger partial charge in [-0.1, -0.05) is 6.07 Å². The van der Waals surface area contributed by atoms with E-state index in [4.69, 9.17) is 10.5 Å². The van der Waals surface area contributed by atoms with E-state index < -0.39 is 17.5 Å². The number of carbonyl (C=O) groups is 1. The highest BCUT2D eigenvalue weighted by molar-refractivity contribution is 5.67. The van der Waals surface area contributed by atoms with E-state index in [0.717, 1.165) is 5.56 Å². The van der Waals surface area contributed by atoms with Gasteiger partial charge in [0.25, 0.3) is 0 Å². The van der Waals surface area contributed by atoms with Crippen molar-refractivity contribution < 1.29 is 13.9 Å². The molecule has 0 heterocycles. The van der Waals surface area contributed by atoms with Crippen molar-refractivity contribution in [3.05, 3.63) is 29.6 Å². The molecule has 1 aromatic rings. The second-order valence-electron chi connectivity index (χ2n) is 5.03. The van der Waals surface area contributed by atoms with Gasteiger partial charge in [-0.15, -0.1) is 0 Å². The summed E-state index contributed by atoms with van der Waals surface area (Å²) >= 11 is 0. The molecule has 1 rings (SSSR count). The Kier molecular flexibility index (Phi) is 4.53.